The molecule has 2 heterocycles. The summed E-state index contributed by atoms with van der Waals surface area (Å²) < 4.78 is 38.7. The fourth-order valence-electron chi connectivity index (χ4n) is 2.29. The van der Waals surface area contributed by atoms with Crippen LogP contribution in [0.2, 0.25) is 0 Å². The smallest absolute Gasteiger partial charge is 0.394 e. The van der Waals surface area contributed by atoms with Crippen LogP contribution in [0.1, 0.15) is 17.4 Å². The van der Waals surface area contributed by atoms with Crippen LogP contribution < -0.4 is 5.32 Å². The van der Waals surface area contributed by atoms with Crippen LogP contribution in [-0.2, 0) is 9.59 Å². The van der Waals surface area contributed by atoms with Crippen molar-refractivity contribution in [1.29, 1.82) is 0 Å². The number of aliphatic carboxylic acids is 1. The Morgan fingerprint density at radius 3 is 2.52 bits per heavy atom. The van der Waals surface area contributed by atoms with E-state index in [1.807, 2.05) is 0 Å². The minimum Gasteiger partial charge on any atom is -0.481 e. The van der Waals surface area contributed by atoms with Gasteiger partial charge in [0.15, 0.2) is 5.13 Å². The summed E-state index contributed by atoms with van der Waals surface area (Å²) in [5.41, 5.74) is -0.134. The van der Waals surface area contributed by atoms with E-state index in [0.29, 0.717) is 0 Å². The predicted octanol–water partition coefficient (Wildman–Crippen LogP) is 1.44. The first-order valence-electron chi connectivity index (χ1n) is 6.41. The number of nitrogens with zero attached hydrogens (tertiary/aromatic N) is 2. The molecule has 1 saturated heterocycles. The van der Waals surface area contributed by atoms with Gasteiger partial charge in [0.25, 0.3) is 5.91 Å². The molecular weight excluding hydrogens is 339 g/mol. The highest BCUT2D eigenvalue weighted by atomic mass is 32.1. The number of nitrogens with one attached hydrogen (secondary N) is 1. The minimum atomic E-state index is -4.71. The molecule has 7 nitrogen and oxygen atoms in total. The van der Waals surface area contributed by atoms with Gasteiger partial charge < -0.3 is 15.3 Å². The van der Waals surface area contributed by atoms with Crippen LogP contribution >= 0.6 is 11.3 Å². The second-order valence-corrected chi connectivity index (χ2v) is 5.88. The van der Waals surface area contributed by atoms with Crippen LogP contribution in [0.4, 0.5) is 18.3 Å². The SMILES string of the molecule is CC(=O)Nc1nc(C(=O)N2C[C@@H](C(F)(F)F)[C@H](C(=O)O)C2)cs1. The Hall–Kier alpha value is -2.17. The van der Waals surface area contributed by atoms with Crippen LogP contribution in [0.3, 0.4) is 0 Å². The molecule has 0 bridgehead atoms. The highest BCUT2D eigenvalue weighted by molar-refractivity contribution is 7.14. The summed E-state index contributed by atoms with van der Waals surface area (Å²) >= 11 is 0.949. The molecule has 2 atom stereocenters. The first-order chi connectivity index (χ1) is 10.6. The Balaban J connectivity index is 2.15. The number of hydrogen-bond donors (Lipinski definition) is 2. The molecule has 0 saturated carbocycles. The summed E-state index contributed by atoms with van der Waals surface area (Å²) in [6.07, 6.45) is -4.71. The molecule has 2 amide bonds. The molecule has 0 aromatic carbocycles. The Morgan fingerprint density at radius 2 is 2.04 bits per heavy atom. The number of carbonyl (C=O) groups excluding carboxylic acids is 2. The number of hydrogen-bond acceptors (Lipinski definition) is 5. The second-order valence-electron chi connectivity index (χ2n) is 5.02. The van der Waals surface area contributed by atoms with Gasteiger partial charge >= 0.3 is 12.1 Å². The van der Waals surface area contributed by atoms with E-state index in [1.54, 1.807) is 0 Å². The molecule has 2 rings (SSSR count). The zero-order valence-corrected chi connectivity index (χ0v) is 12.6. The van der Waals surface area contributed by atoms with Crippen molar-refractivity contribution >= 4 is 34.3 Å². The number of thiazole rings is 1. The lowest BCUT2D eigenvalue weighted by atomic mass is 9.96. The van der Waals surface area contributed by atoms with E-state index in [9.17, 15) is 27.6 Å². The number of rotatable bonds is 3. The van der Waals surface area contributed by atoms with Crippen molar-refractivity contribution in [3.63, 3.8) is 0 Å². The summed E-state index contributed by atoms with van der Waals surface area (Å²) in [5, 5.41) is 12.7. The molecule has 0 spiro atoms. The molecule has 126 valence electrons. The van der Waals surface area contributed by atoms with Gasteiger partial charge in [0.2, 0.25) is 5.91 Å². The van der Waals surface area contributed by atoms with Crippen molar-refractivity contribution < 1.29 is 32.7 Å². The lowest BCUT2D eigenvalue weighted by Crippen LogP contribution is -2.34. The van der Waals surface area contributed by atoms with E-state index in [4.69, 9.17) is 5.11 Å². The Morgan fingerprint density at radius 1 is 1.39 bits per heavy atom. The number of anilines is 1. The van der Waals surface area contributed by atoms with Crippen LogP contribution in [0.15, 0.2) is 5.38 Å². The third-order valence-electron chi connectivity index (χ3n) is 3.35. The van der Waals surface area contributed by atoms with Gasteiger partial charge in [-0.25, -0.2) is 4.98 Å². The second kappa shape index (κ2) is 6.14. The van der Waals surface area contributed by atoms with E-state index in [2.05, 4.69) is 10.3 Å². The van der Waals surface area contributed by atoms with Crippen molar-refractivity contribution in [3.05, 3.63) is 11.1 Å². The molecule has 1 aromatic rings. The number of likely N-dealkylation sites (tertiary alicyclic amines) is 1. The Labute approximate surface area is 132 Å². The topological polar surface area (TPSA) is 99.6 Å². The summed E-state index contributed by atoms with van der Waals surface area (Å²) in [6, 6.07) is 0. The van der Waals surface area contributed by atoms with Crippen LogP contribution in [0, 0.1) is 11.8 Å². The van der Waals surface area contributed by atoms with Gasteiger partial charge in [-0.15, -0.1) is 11.3 Å². The summed E-state index contributed by atoms with van der Waals surface area (Å²) in [6.45, 7) is -0.0214. The molecule has 1 aromatic heterocycles. The first-order valence-corrected chi connectivity index (χ1v) is 7.29. The van der Waals surface area contributed by atoms with E-state index in [1.165, 1.54) is 12.3 Å². The predicted molar refractivity (Wildman–Crippen MR) is 73.0 cm³/mol. The van der Waals surface area contributed by atoms with Gasteiger partial charge in [0.05, 0.1) is 11.8 Å². The molecule has 1 fully saturated rings. The molecule has 1 aliphatic heterocycles. The van der Waals surface area contributed by atoms with Crippen LogP contribution in [-0.4, -0.2) is 52.0 Å². The fourth-order valence-corrected chi connectivity index (χ4v) is 3.02. The number of aromatic nitrogens is 1. The third-order valence-corrected chi connectivity index (χ3v) is 4.11. The highest BCUT2D eigenvalue weighted by Gasteiger charge is 2.53. The number of carboxylic acid groups (broad SMARTS) is 1. The maximum Gasteiger partial charge on any atom is 0.394 e. The zero-order valence-electron chi connectivity index (χ0n) is 11.8. The van der Waals surface area contributed by atoms with E-state index in [-0.39, 0.29) is 10.8 Å². The van der Waals surface area contributed by atoms with E-state index >= 15 is 0 Å². The summed E-state index contributed by atoms with van der Waals surface area (Å²) in [7, 11) is 0. The number of carbonyl (C=O) groups is 3. The van der Waals surface area contributed by atoms with Crippen molar-refractivity contribution in [2.45, 2.75) is 13.1 Å². The maximum absolute atomic E-state index is 12.9. The molecule has 0 aliphatic carbocycles. The summed E-state index contributed by atoms with van der Waals surface area (Å²) in [5.74, 6) is -6.61. The van der Waals surface area contributed by atoms with Crippen LogP contribution in [0.5, 0.6) is 0 Å². The number of amides is 2. The normalized spacial score (nSPS) is 21.3. The highest BCUT2D eigenvalue weighted by Crippen LogP contribution is 2.38. The summed E-state index contributed by atoms with van der Waals surface area (Å²) in [4.78, 5) is 38.7. The average Bonchev–Trinajstić information content (AvgIpc) is 3.02. The average molecular weight is 351 g/mol. The Kier molecular flexibility index (Phi) is 4.59. The zero-order chi connectivity index (χ0) is 17.4. The molecule has 23 heavy (non-hydrogen) atoms. The third kappa shape index (κ3) is 3.78. The monoisotopic (exact) mass is 351 g/mol. The molecule has 0 unspecified atom stereocenters. The quantitative estimate of drug-likeness (QED) is 0.858. The first kappa shape index (κ1) is 17.2. The van der Waals surface area contributed by atoms with Crippen molar-refractivity contribution in [2.24, 2.45) is 11.8 Å². The van der Waals surface area contributed by atoms with E-state index in [0.717, 1.165) is 16.2 Å². The fraction of sp³-hybridized carbons (Fsp3) is 0.500. The van der Waals surface area contributed by atoms with Gasteiger partial charge in [-0.3, -0.25) is 14.4 Å². The van der Waals surface area contributed by atoms with Gasteiger partial charge in [-0.2, -0.15) is 13.2 Å². The standard InChI is InChI=1S/C12H12F3N3O4S/c1-5(19)16-11-17-8(4-23-11)9(20)18-2-6(10(21)22)7(3-18)12(13,14)15/h4,6-7H,2-3H2,1H3,(H,21,22)(H,16,17,19)/t6-,7-/m1/s1. The molecule has 11 heteroatoms. The van der Waals surface area contributed by atoms with E-state index < -0.39 is 48.9 Å². The lowest BCUT2D eigenvalue weighted by molar-refractivity contribution is -0.187. The Bertz CT molecular complexity index is 646. The molecular formula is C12H12F3N3O4S. The van der Waals surface area contributed by atoms with Crippen molar-refractivity contribution in [1.82, 2.24) is 9.88 Å². The number of alkyl halides is 3. The molecule has 1 aliphatic rings. The van der Waals surface area contributed by atoms with Gasteiger partial charge in [-0.05, 0) is 0 Å². The van der Waals surface area contributed by atoms with Gasteiger partial charge in [-0.1, -0.05) is 0 Å². The van der Waals surface area contributed by atoms with Gasteiger partial charge in [0, 0.05) is 25.4 Å². The molecule has 0 radical (unpaired) electrons. The van der Waals surface area contributed by atoms with Crippen molar-refractivity contribution in [3.8, 4) is 0 Å². The van der Waals surface area contributed by atoms with Crippen LogP contribution in [0.25, 0.3) is 0 Å². The lowest BCUT2D eigenvalue weighted by Gasteiger charge is -2.17. The van der Waals surface area contributed by atoms with Gasteiger partial charge in [0.1, 0.15) is 5.69 Å². The number of halogens is 3. The largest absolute Gasteiger partial charge is 0.481 e. The molecule has 2 N–H and O–H groups in total. The van der Waals surface area contributed by atoms with Crippen molar-refractivity contribution in [2.75, 3.05) is 18.4 Å². The maximum atomic E-state index is 12.9. The minimum absolute atomic E-state index is 0.134. The number of carboxylic acids is 1.